The quantitative estimate of drug-likeness (QED) is 0.355. The minimum absolute atomic E-state index is 0.0328. The Bertz CT molecular complexity index is 624. The van der Waals surface area contributed by atoms with Crippen molar-refractivity contribution in [3.63, 3.8) is 0 Å². The number of phenols is 1. The molecule has 0 atom stereocenters. The number of nitrogens with zero attached hydrogens (tertiary/aromatic N) is 3. The third kappa shape index (κ3) is 1.73. The molecule has 17 heavy (non-hydrogen) atoms. The zero-order chi connectivity index (χ0) is 12.4. The number of benzene rings is 1. The van der Waals surface area contributed by atoms with Gasteiger partial charge in [0.15, 0.2) is 5.75 Å². The van der Waals surface area contributed by atoms with Crippen LogP contribution in [0, 0.1) is 10.1 Å². The lowest BCUT2D eigenvalue weighted by atomic mass is 10.1. The minimum atomic E-state index is -0.585. The number of non-ortho nitro benzene ring substituents is 1. The van der Waals surface area contributed by atoms with Crippen molar-refractivity contribution in [1.82, 2.24) is 4.98 Å². The van der Waals surface area contributed by atoms with Crippen molar-refractivity contribution in [2.75, 3.05) is 0 Å². The van der Waals surface area contributed by atoms with Crippen LogP contribution in [0.5, 0.6) is 5.75 Å². The lowest BCUT2D eigenvalue weighted by molar-refractivity contribution is -0.383. The molecule has 0 bridgehead atoms. The summed E-state index contributed by atoms with van der Waals surface area (Å²) in [5, 5.41) is 32.1. The highest BCUT2D eigenvalue weighted by Gasteiger charge is 2.18. The highest BCUT2D eigenvalue weighted by atomic mass is 16.6. The first-order valence-electron chi connectivity index (χ1n) is 4.57. The Morgan fingerprint density at radius 1 is 1.53 bits per heavy atom. The Hall–Kier alpha value is -2.70. The van der Waals surface area contributed by atoms with Crippen LogP contribution in [0.1, 0.15) is 5.56 Å². The zero-order valence-electron chi connectivity index (χ0n) is 8.44. The molecule has 0 radical (unpaired) electrons. The molecule has 0 saturated heterocycles. The van der Waals surface area contributed by atoms with Crippen molar-refractivity contribution in [2.45, 2.75) is 0 Å². The summed E-state index contributed by atoms with van der Waals surface area (Å²) in [5.41, 5.74) is -0.0807. The van der Waals surface area contributed by atoms with E-state index in [1.807, 2.05) is 0 Å². The maximum absolute atomic E-state index is 10.9. The number of pyridine rings is 1. The van der Waals surface area contributed by atoms with E-state index >= 15 is 0 Å². The van der Waals surface area contributed by atoms with Gasteiger partial charge in [-0.05, 0) is 12.1 Å². The van der Waals surface area contributed by atoms with Gasteiger partial charge in [-0.2, -0.15) is 0 Å². The number of aromatic hydroxyl groups is 1. The molecule has 7 heteroatoms. The summed E-state index contributed by atoms with van der Waals surface area (Å²) in [4.78, 5) is 14.2. The third-order valence-electron chi connectivity index (χ3n) is 2.27. The van der Waals surface area contributed by atoms with Crippen LogP contribution in [0.15, 0.2) is 29.6 Å². The van der Waals surface area contributed by atoms with Crippen LogP contribution in [0.25, 0.3) is 10.9 Å². The first-order valence-corrected chi connectivity index (χ1v) is 4.57. The molecule has 0 amide bonds. The first kappa shape index (κ1) is 10.8. The van der Waals surface area contributed by atoms with Gasteiger partial charge in [0.25, 0.3) is 5.69 Å². The molecular weight excluding hydrogens is 226 g/mol. The van der Waals surface area contributed by atoms with E-state index in [9.17, 15) is 15.2 Å². The summed E-state index contributed by atoms with van der Waals surface area (Å²) in [6.07, 6.45) is 2.32. The average Bonchev–Trinajstić information content (AvgIpc) is 2.32. The van der Waals surface area contributed by atoms with Gasteiger partial charge in [0.05, 0.1) is 16.5 Å². The van der Waals surface area contributed by atoms with Crippen molar-refractivity contribution in [3.8, 4) is 5.75 Å². The van der Waals surface area contributed by atoms with Crippen molar-refractivity contribution in [1.29, 1.82) is 0 Å². The van der Waals surface area contributed by atoms with Crippen LogP contribution < -0.4 is 0 Å². The standard InChI is InChI=1S/C10H7N3O4/c14-10-6(5-12-15)4-8(13(16)17)7-2-1-3-11-9(7)10/h1-5,14-15H/b12-5+. The number of nitro groups is 1. The number of aromatic nitrogens is 1. The topological polar surface area (TPSA) is 109 Å². The molecule has 1 aromatic carbocycles. The van der Waals surface area contributed by atoms with E-state index in [1.165, 1.54) is 18.3 Å². The fourth-order valence-electron chi connectivity index (χ4n) is 1.54. The highest BCUT2D eigenvalue weighted by Crippen LogP contribution is 2.33. The Morgan fingerprint density at radius 3 is 2.94 bits per heavy atom. The molecule has 7 nitrogen and oxygen atoms in total. The van der Waals surface area contributed by atoms with Crippen molar-refractivity contribution in [2.24, 2.45) is 5.16 Å². The van der Waals surface area contributed by atoms with Gasteiger partial charge >= 0.3 is 0 Å². The van der Waals surface area contributed by atoms with Gasteiger partial charge in [-0.1, -0.05) is 5.16 Å². The minimum Gasteiger partial charge on any atom is -0.505 e. The van der Waals surface area contributed by atoms with Crippen LogP contribution >= 0.6 is 0 Å². The smallest absolute Gasteiger partial charge is 0.279 e. The fraction of sp³-hybridized carbons (Fsp3) is 0. The first-order chi connectivity index (χ1) is 8.15. The van der Waals surface area contributed by atoms with E-state index in [4.69, 9.17) is 5.21 Å². The lowest BCUT2D eigenvalue weighted by Gasteiger charge is -2.04. The molecule has 0 fully saturated rings. The number of hydrogen-bond donors (Lipinski definition) is 2. The van der Waals surface area contributed by atoms with Gasteiger partial charge < -0.3 is 10.3 Å². The highest BCUT2D eigenvalue weighted by molar-refractivity contribution is 5.99. The van der Waals surface area contributed by atoms with E-state index < -0.39 is 4.92 Å². The van der Waals surface area contributed by atoms with Crippen molar-refractivity contribution >= 4 is 22.8 Å². The van der Waals surface area contributed by atoms with Gasteiger partial charge in [-0.25, -0.2) is 0 Å². The Balaban J connectivity index is 2.89. The van der Waals surface area contributed by atoms with Crippen LogP contribution in [0.3, 0.4) is 0 Å². The maximum Gasteiger partial charge on any atom is 0.279 e. The SMILES string of the molecule is O=[N+]([O-])c1cc(/C=N/O)c(O)c2ncccc12. The summed E-state index contributed by atoms with van der Waals surface area (Å²) >= 11 is 0. The summed E-state index contributed by atoms with van der Waals surface area (Å²) in [6, 6.07) is 4.15. The summed E-state index contributed by atoms with van der Waals surface area (Å²) < 4.78 is 0. The van der Waals surface area contributed by atoms with Crippen molar-refractivity contribution in [3.05, 3.63) is 40.1 Å². The maximum atomic E-state index is 10.9. The van der Waals surface area contributed by atoms with Gasteiger partial charge in [0, 0.05) is 17.8 Å². The van der Waals surface area contributed by atoms with Gasteiger partial charge in [0.1, 0.15) is 5.52 Å². The monoisotopic (exact) mass is 233 g/mol. The Morgan fingerprint density at radius 2 is 2.29 bits per heavy atom. The second kappa shape index (κ2) is 4.05. The largest absolute Gasteiger partial charge is 0.505 e. The third-order valence-corrected chi connectivity index (χ3v) is 2.27. The Kier molecular flexibility index (Phi) is 2.57. The molecule has 1 heterocycles. The summed E-state index contributed by atoms with van der Waals surface area (Å²) in [7, 11) is 0. The van der Waals surface area contributed by atoms with E-state index in [0.717, 1.165) is 12.3 Å². The Labute approximate surface area is 94.8 Å². The van der Waals surface area contributed by atoms with E-state index in [0.29, 0.717) is 0 Å². The molecule has 0 aliphatic heterocycles. The normalized spacial score (nSPS) is 11.1. The summed E-state index contributed by atoms with van der Waals surface area (Å²) in [5.74, 6) is -0.260. The molecule has 0 saturated carbocycles. The molecule has 0 aliphatic carbocycles. The van der Waals surface area contributed by atoms with Gasteiger partial charge in [0.2, 0.25) is 0 Å². The molecule has 2 rings (SSSR count). The molecule has 1 aromatic heterocycles. The van der Waals surface area contributed by atoms with E-state index in [1.54, 1.807) is 0 Å². The zero-order valence-corrected chi connectivity index (χ0v) is 8.44. The molecule has 0 spiro atoms. The summed E-state index contributed by atoms with van der Waals surface area (Å²) in [6.45, 7) is 0. The molecule has 86 valence electrons. The van der Waals surface area contributed by atoms with E-state index in [-0.39, 0.29) is 27.9 Å². The second-order valence-corrected chi connectivity index (χ2v) is 3.23. The molecule has 2 N–H and O–H groups in total. The molecule has 0 aliphatic rings. The van der Waals surface area contributed by atoms with E-state index in [2.05, 4.69) is 10.1 Å². The van der Waals surface area contributed by atoms with Crippen LogP contribution in [0.2, 0.25) is 0 Å². The molecule has 2 aromatic rings. The van der Waals surface area contributed by atoms with Gasteiger partial charge in [-0.3, -0.25) is 15.1 Å². The van der Waals surface area contributed by atoms with Crippen LogP contribution in [-0.2, 0) is 0 Å². The lowest BCUT2D eigenvalue weighted by Crippen LogP contribution is -1.94. The second-order valence-electron chi connectivity index (χ2n) is 3.23. The van der Waals surface area contributed by atoms with Crippen LogP contribution in [0.4, 0.5) is 5.69 Å². The molecule has 0 unspecified atom stereocenters. The van der Waals surface area contributed by atoms with Crippen molar-refractivity contribution < 1.29 is 15.2 Å². The fourth-order valence-corrected chi connectivity index (χ4v) is 1.54. The number of rotatable bonds is 2. The number of phenolic OH excluding ortho intramolecular Hbond substituents is 1. The average molecular weight is 233 g/mol. The number of fused-ring (bicyclic) bond motifs is 1. The number of nitro benzene ring substituents is 1. The number of oxime groups is 1. The predicted molar refractivity (Wildman–Crippen MR) is 59.4 cm³/mol. The van der Waals surface area contributed by atoms with Crippen LogP contribution in [-0.4, -0.2) is 26.4 Å². The van der Waals surface area contributed by atoms with Gasteiger partial charge in [-0.15, -0.1) is 0 Å². The molecular formula is C10H7N3O4. The predicted octanol–water partition coefficient (Wildman–Crippen LogP) is 1.66. The number of hydrogen-bond acceptors (Lipinski definition) is 6.